The molecule has 0 bridgehead atoms. The third kappa shape index (κ3) is 4.08. The lowest BCUT2D eigenvalue weighted by Crippen LogP contribution is -1.98. The molecule has 0 spiro atoms. The number of rotatable bonds is 4. The molecule has 0 aliphatic rings. The molecule has 0 N–H and O–H groups in total. The third-order valence-electron chi connectivity index (χ3n) is 9.30. The number of para-hydroxylation sites is 2. The third-order valence-corrected chi connectivity index (χ3v) is 10.4. The van der Waals surface area contributed by atoms with Crippen LogP contribution in [0.15, 0.2) is 170 Å². The van der Waals surface area contributed by atoms with Crippen molar-refractivity contribution in [2.24, 2.45) is 0 Å². The van der Waals surface area contributed by atoms with Gasteiger partial charge in [0.2, 0.25) is 0 Å². The van der Waals surface area contributed by atoms with E-state index in [0.29, 0.717) is 11.3 Å². The van der Waals surface area contributed by atoms with Gasteiger partial charge in [0.15, 0.2) is 0 Å². The topological polar surface area (TPSA) is 17.8 Å². The van der Waals surface area contributed by atoms with E-state index in [9.17, 15) is 0 Å². The van der Waals surface area contributed by atoms with E-state index in [4.69, 9.17) is 11.8 Å². The van der Waals surface area contributed by atoms with E-state index in [0.717, 1.165) is 33.1 Å². The first kappa shape index (κ1) is 22.5. The summed E-state index contributed by atoms with van der Waals surface area (Å²) in [7, 11) is 0. The summed E-state index contributed by atoms with van der Waals surface area (Å²) in [6.07, 6.45) is 0. The molecule has 3 heteroatoms. The lowest BCUT2D eigenvalue weighted by molar-refractivity contribution is 1.10. The number of fused-ring (bicyclic) bond motifs is 6. The summed E-state index contributed by atoms with van der Waals surface area (Å²) >= 11 is 1.83. The Morgan fingerprint density at radius 2 is 1.10 bits per heavy atom. The van der Waals surface area contributed by atoms with Crippen molar-refractivity contribution in [1.82, 2.24) is 9.55 Å². The van der Waals surface area contributed by atoms with Gasteiger partial charge in [-0.05, 0) is 80.2 Å². The molecule has 0 radical (unpaired) electrons. The molecule has 0 unspecified atom stereocenters. The van der Waals surface area contributed by atoms with E-state index in [1.807, 2.05) is 52.3 Å². The highest BCUT2D eigenvalue weighted by atomic mass is 32.1. The Labute approximate surface area is 288 Å². The Kier molecular flexibility index (Phi) is 5.04. The number of thiophene rings is 1. The molecule has 0 fully saturated rings. The Morgan fingerprint density at radius 3 is 1.83 bits per heavy atom. The van der Waals surface area contributed by atoms with Gasteiger partial charge in [0.05, 0.1) is 17.9 Å². The van der Waals surface area contributed by atoms with Crippen LogP contribution in [-0.2, 0) is 0 Å². The van der Waals surface area contributed by atoms with Crippen LogP contribution in [0.5, 0.6) is 0 Å². The van der Waals surface area contributed by atoms with Crippen molar-refractivity contribution < 1.29 is 6.85 Å². The predicted molar refractivity (Wildman–Crippen MR) is 205 cm³/mol. The zero-order valence-electron chi connectivity index (χ0n) is 30.6. The second-order valence-corrected chi connectivity index (χ2v) is 13.0. The van der Waals surface area contributed by atoms with Gasteiger partial charge < -0.3 is 0 Å². The smallest absolute Gasteiger partial charge is 0.145 e. The molecule has 10 rings (SSSR count). The van der Waals surface area contributed by atoms with E-state index in [1.54, 1.807) is 0 Å². The first-order valence-electron chi connectivity index (χ1n) is 18.4. The van der Waals surface area contributed by atoms with Gasteiger partial charge in [-0.1, -0.05) is 133 Å². The second-order valence-electron chi connectivity index (χ2n) is 11.9. The summed E-state index contributed by atoms with van der Waals surface area (Å²) in [5, 5.41) is 7.21. The first-order valence-corrected chi connectivity index (χ1v) is 16.7. The summed E-state index contributed by atoms with van der Waals surface area (Å²) in [5.74, 6) is 0.298. The molecule has 10 aromatic rings. The fourth-order valence-corrected chi connectivity index (χ4v) is 8.44. The minimum Gasteiger partial charge on any atom is -0.292 e. The number of hydrogen-bond acceptors (Lipinski definition) is 2. The average molecular weight is 634 g/mol. The molecule has 2 aromatic heterocycles. The van der Waals surface area contributed by atoms with Crippen molar-refractivity contribution >= 4 is 64.1 Å². The van der Waals surface area contributed by atoms with Gasteiger partial charge in [0.25, 0.3) is 0 Å². The molecule has 0 amide bonds. The van der Waals surface area contributed by atoms with Gasteiger partial charge in [0.1, 0.15) is 5.82 Å². The molecular weight excluding hydrogens is 601 g/mol. The van der Waals surface area contributed by atoms with Gasteiger partial charge in [-0.3, -0.25) is 4.57 Å². The number of benzene rings is 8. The Hall–Kier alpha value is -6.03. The molecule has 224 valence electrons. The number of imidazole rings is 1. The van der Waals surface area contributed by atoms with Crippen LogP contribution in [0.2, 0.25) is 0 Å². The number of hydrogen-bond donors (Lipinski definition) is 0. The van der Waals surface area contributed by atoms with E-state index in [1.165, 1.54) is 42.1 Å². The lowest BCUT2D eigenvalue weighted by atomic mass is 9.85. The van der Waals surface area contributed by atoms with Crippen molar-refractivity contribution in [3.05, 3.63) is 170 Å². The molecular formula is C45H28N2S. The maximum atomic E-state index is 8.73. The summed E-state index contributed by atoms with van der Waals surface area (Å²) in [6, 6.07) is 46.7. The fraction of sp³-hybridized carbons (Fsp3) is 0. The molecule has 0 saturated heterocycles. The Bertz CT molecular complexity index is 3040. The average Bonchev–Trinajstić information content (AvgIpc) is 3.77. The molecule has 0 aliphatic heterocycles. The van der Waals surface area contributed by atoms with Crippen molar-refractivity contribution in [1.29, 1.82) is 0 Å². The minimum absolute atomic E-state index is 0.0669. The SMILES string of the molecule is [2H]c1c([2H])c([2H])c(-c2nc3ccccc3n2-c2ccc(-c3c4ccccc4c(-c4cccc5sc6ccccc6c45)c4ccccc34)cc2)c([2H])c1[2H]. The summed E-state index contributed by atoms with van der Waals surface area (Å²) in [5.41, 5.74) is 6.90. The second kappa shape index (κ2) is 10.8. The molecule has 48 heavy (non-hydrogen) atoms. The zero-order chi connectivity index (χ0) is 36.0. The van der Waals surface area contributed by atoms with E-state index >= 15 is 0 Å². The normalized spacial score (nSPS) is 13.2. The molecule has 2 heterocycles. The van der Waals surface area contributed by atoms with Gasteiger partial charge in [-0.2, -0.15) is 0 Å². The van der Waals surface area contributed by atoms with Gasteiger partial charge in [-0.25, -0.2) is 4.98 Å². The predicted octanol–water partition coefficient (Wildman–Crippen LogP) is 12.7. The van der Waals surface area contributed by atoms with E-state index < -0.39 is 6.04 Å². The monoisotopic (exact) mass is 633 g/mol. The molecule has 0 saturated carbocycles. The number of aromatic nitrogens is 2. The summed E-state index contributed by atoms with van der Waals surface area (Å²) in [6.45, 7) is 0. The highest BCUT2D eigenvalue weighted by molar-refractivity contribution is 7.25. The standard InChI is InChI=1S/C45H28N2S/c1-2-13-30(14-3-1)45-46-38-21-9-10-22-39(38)47(45)31-27-25-29(26-28-31)42-32-15-4-6-17-34(32)43(35-18-7-5-16-33(35)42)37-20-12-24-41-44(37)36-19-8-11-23-40(36)48-41/h1-28H/i1D,2D,3D,13D,14D. The molecule has 8 aromatic carbocycles. The van der Waals surface area contributed by atoms with Crippen molar-refractivity contribution in [2.45, 2.75) is 0 Å². The highest BCUT2D eigenvalue weighted by Crippen LogP contribution is 2.47. The van der Waals surface area contributed by atoms with Crippen LogP contribution in [0.3, 0.4) is 0 Å². The zero-order valence-corrected chi connectivity index (χ0v) is 26.4. The van der Waals surface area contributed by atoms with E-state index in [2.05, 4.69) is 103 Å². The van der Waals surface area contributed by atoms with Crippen molar-refractivity contribution in [3.8, 4) is 39.3 Å². The first-order chi connectivity index (χ1) is 25.9. The lowest BCUT2D eigenvalue weighted by Gasteiger charge is -2.19. The van der Waals surface area contributed by atoms with Gasteiger partial charge in [0, 0.05) is 31.4 Å². The number of nitrogens with zero attached hydrogens (tertiary/aromatic N) is 2. The van der Waals surface area contributed by atoms with Crippen molar-refractivity contribution in [2.75, 3.05) is 0 Å². The maximum Gasteiger partial charge on any atom is 0.145 e. The van der Waals surface area contributed by atoms with Crippen LogP contribution in [0.1, 0.15) is 6.85 Å². The maximum absolute atomic E-state index is 8.73. The molecule has 0 atom stereocenters. The van der Waals surface area contributed by atoms with Gasteiger partial charge in [-0.15, -0.1) is 11.3 Å². The Morgan fingerprint density at radius 1 is 0.500 bits per heavy atom. The fourth-order valence-electron chi connectivity index (χ4n) is 7.31. The Balaban J connectivity index is 1.20. The summed E-state index contributed by atoms with van der Waals surface area (Å²) in [4.78, 5) is 4.83. The van der Waals surface area contributed by atoms with Crippen LogP contribution in [-0.4, -0.2) is 9.55 Å². The molecule has 0 aliphatic carbocycles. The minimum atomic E-state index is -0.429. The van der Waals surface area contributed by atoms with Crippen LogP contribution >= 0.6 is 11.3 Å². The van der Waals surface area contributed by atoms with Crippen LogP contribution < -0.4 is 0 Å². The van der Waals surface area contributed by atoms with Crippen LogP contribution in [0.25, 0.3) is 92.1 Å². The highest BCUT2D eigenvalue weighted by Gasteiger charge is 2.20. The van der Waals surface area contributed by atoms with E-state index in [-0.39, 0.29) is 29.7 Å². The van der Waals surface area contributed by atoms with Crippen molar-refractivity contribution in [3.63, 3.8) is 0 Å². The van der Waals surface area contributed by atoms with Crippen LogP contribution in [0, 0.1) is 0 Å². The summed E-state index contributed by atoms with van der Waals surface area (Å²) < 4.78 is 46.7. The van der Waals surface area contributed by atoms with Crippen LogP contribution in [0.4, 0.5) is 0 Å². The largest absolute Gasteiger partial charge is 0.292 e. The molecule has 2 nitrogen and oxygen atoms in total. The van der Waals surface area contributed by atoms with Gasteiger partial charge >= 0.3 is 0 Å². The quantitative estimate of drug-likeness (QED) is 0.176.